The van der Waals surface area contributed by atoms with Crippen LogP contribution in [0, 0.1) is 24.7 Å². The number of benzene rings is 1. The summed E-state index contributed by atoms with van der Waals surface area (Å²) in [5.74, 6) is 2.95. The number of nitrogens with one attached hydrogen (secondary N) is 1. The second-order valence-corrected chi connectivity index (χ2v) is 5.89. The summed E-state index contributed by atoms with van der Waals surface area (Å²) in [6, 6.07) is 6.14. The van der Waals surface area contributed by atoms with Gasteiger partial charge in [-0.3, -0.25) is 0 Å². The van der Waals surface area contributed by atoms with Crippen LogP contribution in [0.25, 0.3) is 0 Å². The lowest BCUT2D eigenvalue weighted by molar-refractivity contribution is 0.348. The van der Waals surface area contributed by atoms with Crippen LogP contribution in [-0.4, -0.2) is 6.54 Å². The molecule has 0 spiro atoms. The van der Waals surface area contributed by atoms with Crippen molar-refractivity contribution in [2.75, 3.05) is 17.6 Å². The van der Waals surface area contributed by atoms with Gasteiger partial charge in [0.15, 0.2) is 0 Å². The monoisotopic (exact) mass is 230 g/mol. The summed E-state index contributed by atoms with van der Waals surface area (Å²) in [4.78, 5) is 0. The zero-order chi connectivity index (χ0) is 11.8. The fraction of sp³-hybridized carbons (Fsp3) is 0.600. The third-order valence-electron chi connectivity index (χ3n) is 4.69. The summed E-state index contributed by atoms with van der Waals surface area (Å²) in [7, 11) is 0. The standard InChI is InChI=1S/C15H22N2/c1-10-6-14(16)4-5-15(10)17-9-13-8-11-2-3-12(13)7-11/h4-6,11-13,17H,2-3,7-9,16H2,1H3. The van der Waals surface area contributed by atoms with Crippen molar-refractivity contribution in [2.45, 2.75) is 32.6 Å². The lowest BCUT2D eigenvalue weighted by Gasteiger charge is -2.23. The van der Waals surface area contributed by atoms with E-state index in [1.165, 1.54) is 36.9 Å². The molecule has 2 fully saturated rings. The average molecular weight is 230 g/mol. The predicted molar refractivity (Wildman–Crippen MR) is 73.0 cm³/mol. The quantitative estimate of drug-likeness (QED) is 0.781. The zero-order valence-electron chi connectivity index (χ0n) is 10.6. The Morgan fingerprint density at radius 3 is 2.82 bits per heavy atom. The lowest BCUT2D eigenvalue weighted by atomic mass is 9.89. The van der Waals surface area contributed by atoms with E-state index in [9.17, 15) is 0 Å². The van der Waals surface area contributed by atoms with Gasteiger partial charge < -0.3 is 11.1 Å². The number of fused-ring (bicyclic) bond motifs is 2. The van der Waals surface area contributed by atoms with E-state index in [2.05, 4.69) is 18.3 Å². The molecule has 0 radical (unpaired) electrons. The van der Waals surface area contributed by atoms with Crippen LogP contribution in [0.5, 0.6) is 0 Å². The van der Waals surface area contributed by atoms with Gasteiger partial charge in [-0.05, 0) is 67.7 Å². The van der Waals surface area contributed by atoms with E-state index in [4.69, 9.17) is 5.73 Å². The molecule has 3 atom stereocenters. The molecule has 0 aliphatic heterocycles. The molecular weight excluding hydrogens is 208 g/mol. The number of nitrogens with two attached hydrogens (primary N) is 1. The van der Waals surface area contributed by atoms with Gasteiger partial charge in [-0.15, -0.1) is 0 Å². The molecule has 2 saturated carbocycles. The Morgan fingerprint density at radius 1 is 1.29 bits per heavy atom. The second kappa shape index (κ2) is 4.25. The number of rotatable bonds is 3. The molecule has 1 aromatic carbocycles. The van der Waals surface area contributed by atoms with Crippen LogP contribution in [0.4, 0.5) is 11.4 Å². The number of anilines is 2. The van der Waals surface area contributed by atoms with Gasteiger partial charge in [0, 0.05) is 17.9 Å². The maximum atomic E-state index is 5.77. The highest BCUT2D eigenvalue weighted by Crippen LogP contribution is 2.48. The highest BCUT2D eigenvalue weighted by Gasteiger charge is 2.38. The van der Waals surface area contributed by atoms with E-state index in [1.54, 1.807) is 0 Å². The van der Waals surface area contributed by atoms with Gasteiger partial charge in [-0.1, -0.05) is 6.42 Å². The minimum Gasteiger partial charge on any atom is -0.399 e. The molecule has 2 aliphatic carbocycles. The molecule has 3 rings (SSSR count). The molecule has 2 nitrogen and oxygen atoms in total. The highest BCUT2D eigenvalue weighted by molar-refractivity contribution is 5.57. The summed E-state index contributed by atoms with van der Waals surface area (Å²) in [5.41, 5.74) is 9.13. The van der Waals surface area contributed by atoms with Crippen molar-refractivity contribution in [2.24, 2.45) is 17.8 Å². The SMILES string of the molecule is Cc1cc(N)ccc1NCC1CC2CCC1C2. The van der Waals surface area contributed by atoms with Crippen LogP contribution in [0.15, 0.2) is 18.2 Å². The number of hydrogen-bond donors (Lipinski definition) is 2. The van der Waals surface area contributed by atoms with E-state index < -0.39 is 0 Å². The molecule has 0 amide bonds. The van der Waals surface area contributed by atoms with Crippen LogP contribution in [0.1, 0.15) is 31.2 Å². The fourth-order valence-electron chi connectivity index (χ4n) is 3.75. The second-order valence-electron chi connectivity index (χ2n) is 5.89. The Bertz CT molecular complexity index is 413. The van der Waals surface area contributed by atoms with Crippen molar-refractivity contribution in [3.05, 3.63) is 23.8 Å². The smallest absolute Gasteiger partial charge is 0.0371 e. The first-order valence-electron chi connectivity index (χ1n) is 6.82. The first kappa shape index (κ1) is 10.9. The molecule has 2 aliphatic rings. The summed E-state index contributed by atoms with van der Waals surface area (Å²) < 4.78 is 0. The van der Waals surface area contributed by atoms with Crippen molar-refractivity contribution < 1.29 is 0 Å². The maximum absolute atomic E-state index is 5.77. The Labute approximate surface area is 104 Å². The van der Waals surface area contributed by atoms with Crippen LogP contribution >= 0.6 is 0 Å². The number of hydrogen-bond acceptors (Lipinski definition) is 2. The van der Waals surface area contributed by atoms with Crippen molar-refractivity contribution in [1.29, 1.82) is 0 Å². The molecule has 0 aromatic heterocycles. The average Bonchev–Trinajstić information content (AvgIpc) is 2.89. The largest absolute Gasteiger partial charge is 0.399 e. The van der Waals surface area contributed by atoms with Gasteiger partial charge in [-0.25, -0.2) is 0 Å². The highest BCUT2D eigenvalue weighted by atomic mass is 14.9. The first-order valence-corrected chi connectivity index (χ1v) is 6.82. The Kier molecular flexibility index (Phi) is 2.73. The van der Waals surface area contributed by atoms with Crippen LogP contribution in [0.3, 0.4) is 0 Å². The molecular formula is C15H22N2. The normalized spacial score (nSPS) is 30.8. The Morgan fingerprint density at radius 2 is 2.18 bits per heavy atom. The third-order valence-corrected chi connectivity index (χ3v) is 4.69. The molecule has 3 unspecified atom stereocenters. The summed E-state index contributed by atoms with van der Waals surface area (Å²) >= 11 is 0. The lowest BCUT2D eigenvalue weighted by Crippen LogP contribution is -2.20. The maximum Gasteiger partial charge on any atom is 0.0371 e. The van der Waals surface area contributed by atoms with Gasteiger partial charge in [-0.2, -0.15) is 0 Å². The van der Waals surface area contributed by atoms with Crippen LogP contribution in [0.2, 0.25) is 0 Å². The summed E-state index contributed by atoms with van der Waals surface area (Å²) in [6.45, 7) is 3.27. The topological polar surface area (TPSA) is 38.0 Å². The number of nitrogen functional groups attached to an aromatic ring is 1. The Hall–Kier alpha value is -1.18. The van der Waals surface area contributed by atoms with Crippen LogP contribution < -0.4 is 11.1 Å². The first-order chi connectivity index (χ1) is 8.22. The zero-order valence-corrected chi connectivity index (χ0v) is 10.6. The van der Waals surface area contributed by atoms with E-state index in [1.807, 2.05) is 12.1 Å². The molecule has 2 bridgehead atoms. The Balaban J connectivity index is 1.60. The van der Waals surface area contributed by atoms with Crippen LogP contribution in [-0.2, 0) is 0 Å². The molecule has 3 N–H and O–H groups in total. The van der Waals surface area contributed by atoms with E-state index in [0.29, 0.717) is 0 Å². The predicted octanol–water partition coefficient (Wildman–Crippen LogP) is 3.43. The van der Waals surface area contributed by atoms with Gasteiger partial charge >= 0.3 is 0 Å². The molecule has 17 heavy (non-hydrogen) atoms. The van der Waals surface area contributed by atoms with Crippen molar-refractivity contribution >= 4 is 11.4 Å². The van der Waals surface area contributed by atoms with Crippen molar-refractivity contribution in [1.82, 2.24) is 0 Å². The van der Waals surface area contributed by atoms with E-state index in [0.717, 1.165) is 30.0 Å². The third kappa shape index (κ3) is 2.13. The van der Waals surface area contributed by atoms with Crippen molar-refractivity contribution in [3.8, 4) is 0 Å². The number of aryl methyl sites for hydroxylation is 1. The minimum absolute atomic E-state index is 0.855. The van der Waals surface area contributed by atoms with E-state index >= 15 is 0 Å². The van der Waals surface area contributed by atoms with Gasteiger partial charge in [0.25, 0.3) is 0 Å². The van der Waals surface area contributed by atoms with Gasteiger partial charge in [0.1, 0.15) is 0 Å². The summed E-state index contributed by atoms with van der Waals surface area (Å²) in [6.07, 6.45) is 5.90. The minimum atomic E-state index is 0.855. The molecule has 1 aromatic rings. The van der Waals surface area contributed by atoms with Crippen molar-refractivity contribution in [3.63, 3.8) is 0 Å². The summed E-state index contributed by atoms with van der Waals surface area (Å²) in [5, 5.41) is 3.61. The molecule has 0 saturated heterocycles. The molecule has 0 heterocycles. The van der Waals surface area contributed by atoms with Gasteiger partial charge in [0.05, 0.1) is 0 Å². The molecule has 2 heteroatoms. The van der Waals surface area contributed by atoms with E-state index in [-0.39, 0.29) is 0 Å². The van der Waals surface area contributed by atoms with Gasteiger partial charge in [0.2, 0.25) is 0 Å². The fourth-order valence-corrected chi connectivity index (χ4v) is 3.75. The molecule has 92 valence electrons.